The first-order valence-electron chi connectivity index (χ1n) is 9.96. The van der Waals surface area contributed by atoms with E-state index in [1.807, 2.05) is 0 Å². The first kappa shape index (κ1) is 19.8. The zero-order chi connectivity index (χ0) is 18.1. The number of nitrogens with one attached hydrogen (secondary N) is 2. The van der Waals surface area contributed by atoms with Gasteiger partial charge in [0.1, 0.15) is 0 Å². The molecule has 2 rings (SSSR count). The van der Waals surface area contributed by atoms with Crippen LogP contribution in [-0.4, -0.2) is 49.6 Å². The summed E-state index contributed by atoms with van der Waals surface area (Å²) in [6.45, 7) is 14.1. The monoisotopic (exact) mass is 344 g/mol. The van der Waals surface area contributed by atoms with Crippen LogP contribution in [0.4, 0.5) is 0 Å². The van der Waals surface area contributed by atoms with Crippen LogP contribution in [0.1, 0.15) is 57.1 Å². The topological polar surface area (TPSA) is 39.7 Å². The van der Waals surface area contributed by atoms with Gasteiger partial charge in [-0.25, -0.2) is 0 Å². The van der Waals surface area contributed by atoms with E-state index in [4.69, 9.17) is 4.99 Å². The second-order valence-electron chi connectivity index (χ2n) is 7.29. The summed E-state index contributed by atoms with van der Waals surface area (Å²) in [6, 6.07) is 9.35. The van der Waals surface area contributed by atoms with Gasteiger partial charge in [0.25, 0.3) is 0 Å². The van der Waals surface area contributed by atoms with E-state index in [2.05, 4.69) is 67.5 Å². The largest absolute Gasteiger partial charge is 0.357 e. The van der Waals surface area contributed by atoms with Crippen LogP contribution in [0.5, 0.6) is 0 Å². The van der Waals surface area contributed by atoms with Crippen LogP contribution in [0.25, 0.3) is 0 Å². The summed E-state index contributed by atoms with van der Waals surface area (Å²) in [6.07, 6.45) is 3.66. The van der Waals surface area contributed by atoms with Crippen molar-refractivity contribution >= 4 is 5.96 Å². The Balaban J connectivity index is 1.86. The summed E-state index contributed by atoms with van der Waals surface area (Å²) >= 11 is 0. The number of aliphatic imine (C=N–C) groups is 1. The van der Waals surface area contributed by atoms with Crippen LogP contribution in [0.3, 0.4) is 0 Å². The van der Waals surface area contributed by atoms with Gasteiger partial charge in [0.15, 0.2) is 5.96 Å². The molecule has 1 saturated heterocycles. The van der Waals surface area contributed by atoms with E-state index in [-0.39, 0.29) is 0 Å². The zero-order valence-corrected chi connectivity index (χ0v) is 16.5. The van der Waals surface area contributed by atoms with Crippen molar-refractivity contribution in [2.24, 2.45) is 4.99 Å². The smallest absolute Gasteiger partial charge is 0.191 e. The summed E-state index contributed by atoms with van der Waals surface area (Å²) in [5.74, 6) is 1.40. The van der Waals surface area contributed by atoms with Crippen LogP contribution in [0, 0.1) is 6.92 Å². The molecule has 0 radical (unpaired) electrons. The third kappa shape index (κ3) is 6.69. The minimum atomic E-state index is 0.433. The normalized spacial score (nSPS) is 18.2. The first-order chi connectivity index (χ1) is 12.1. The Bertz CT molecular complexity index is 515. The fourth-order valence-electron chi connectivity index (χ4n) is 3.36. The fraction of sp³-hybridized carbons (Fsp3) is 0.667. The predicted molar refractivity (Wildman–Crippen MR) is 108 cm³/mol. The van der Waals surface area contributed by atoms with Gasteiger partial charge in [-0.15, -0.1) is 0 Å². The van der Waals surface area contributed by atoms with Crippen molar-refractivity contribution in [2.45, 2.75) is 58.9 Å². The molecule has 1 aromatic rings. The molecule has 0 bridgehead atoms. The molecular formula is C21H36N4. The summed E-state index contributed by atoms with van der Waals surface area (Å²) < 4.78 is 0. The maximum atomic E-state index is 4.84. The summed E-state index contributed by atoms with van der Waals surface area (Å²) in [7, 11) is 0. The molecule has 0 amide bonds. The van der Waals surface area contributed by atoms with E-state index in [1.54, 1.807) is 0 Å². The molecule has 1 aliphatic rings. The Morgan fingerprint density at radius 3 is 2.48 bits per heavy atom. The lowest BCUT2D eigenvalue weighted by molar-refractivity contribution is 0.206. The molecule has 0 spiro atoms. The van der Waals surface area contributed by atoms with Gasteiger partial charge >= 0.3 is 0 Å². The second-order valence-corrected chi connectivity index (χ2v) is 7.29. The lowest BCUT2D eigenvalue weighted by Gasteiger charge is -2.32. The average molecular weight is 345 g/mol. The van der Waals surface area contributed by atoms with Crippen molar-refractivity contribution < 1.29 is 0 Å². The number of likely N-dealkylation sites (tertiary alicyclic amines) is 1. The molecule has 1 aromatic carbocycles. The Hall–Kier alpha value is -1.55. The average Bonchev–Trinajstić information content (AvgIpc) is 2.62. The standard InChI is InChI=1S/C21H36N4/c1-5-13-25-14-11-20(12-15-25)24-21(22-6-2)23-16-18(4)19-9-7-17(3)8-10-19/h7-10,18,20H,5-6,11-16H2,1-4H3,(H2,22,23,24). The van der Waals surface area contributed by atoms with E-state index in [0.29, 0.717) is 12.0 Å². The molecule has 1 heterocycles. The van der Waals surface area contributed by atoms with Crippen molar-refractivity contribution in [2.75, 3.05) is 32.7 Å². The predicted octanol–water partition coefficient (Wildman–Crippen LogP) is 3.53. The third-order valence-electron chi connectivity index (χ3n) is 4.98. The van der Waals surface area contributed by atoms with Crippen molar-refractivity contribution in [3.8, 4) is 0 Å². The highest BCUT2D eigenvalue weighted by Crippen LogP contribution is 2.16. The zero-order valence-electron chi connectivity index (χ0n) is 16.5. The van der Waals surface area contributed by atoms with Gasteiger partial charge in [-0.1, -0.05) is 43.7 Å². The van der Waals surface area contributed by atoms with E-state index >= 15 is 0 Å². The van der Waals surface area contributed by atoms with Gasteiger partial charge in [0.05, 0.1) is 0 Å². The highest BCUT2D eigenvalue weighted by atomic mass is 15.2. The van der Waals surface area contributed by atoms with Crippen molar-refractivity contribution in [1.29, 1.82) is 0 Å². The number of piperidine rings is 1. The first-order valence-corrected chi connectivity index (χ1v) is 9.96. The number of rotatable bonds is 7. The molecule has 1 aliphatic heterocycles. The molecule has 4 heteroatoms. The van der Waals surface area contributed by atoms with Gasteiger partial charge in [0, 0.05) is 38.1 Å². The number of hydrogen-bond acceptors (Lipinski definition) is 2. The quantitative estimate of drug-likeness (QED) is 0.587. The minimum absolute atomic E-state index is 0.433. The molecule has 4 nitrogen and oxygen atoms in total. The van der Waals surface area contributed by atoms with E-state index < -0.39 is 0 Å². The Kier molecular flexibility index (Phi) is 8.26. The molecule has 140 valence electrons. The number of benzene rings is 1. The molecule has 25 heavy (non-hydrogen) atoms. The van der Waals surface area contributed by atoms with Crippen LogP contribution in [0.15, 0.2) is 29.3 Å². The van der Waals surface area contributed by atoms with Crippen molar-refractivity contribution in [3.63, 3.8) is 0 Å². The van der Waals surface area contributed by atoms with E-state index in [0.717, 1.165) is 19.0 Å². The van der Waals surface area contributed by atoms with Crippen LogP contribution >= 0.6 is 0 Å². The van der Waals surface area contributed by atoms with Gasteiger partial charge in [-0.3, -0.25) is 4.99 Å². The molecular weight excluding hydrogens is 308 g/mol. The molecule has 0 aliphatic carbocycles. The van der Waals surface area contributed by atoms with Crippen LogP contribution in [0.2, 0.25) is 0 Å². The molecule has 1 fully saturated rings. The maximum absolute atomic E-state index is 4.84. The summed E-state index contributed by atoms with van der Waals surface area (Å²) in [5.41, 5.74) is 2.67. The number of guanidine groups is 1. The van der Waals surface area contributed by atoms with Gasteiger partial charge in [-0.2, -0.15) is 0 Å². The molecule has 1 unspecified atom stereocenters. The molecule has 1 atom stereocenters. The number of nitrogens with zero attached hydrogens (tertiary/aromatic N) is 2. The van der Waals surface area contributed by atoms with Gasteiger partial charge < -0.3 is 15.5 Å². The fourth-order valence-corrected chi connectivity index (χ4v) is 3.36. The van der Waals surface area contributed by atoms with E-state index in [9.17, 15) is 0 Å². The number of aryl methyl sites for hydroxylation is 1. The summed E-state index contributed by atoms with van der Waals surface area (Å²) in [5, 5.41) is 7.06. The van der Waals surface area contributed by atoms with Gasteiger partial charge in [0.2, 0.25) is 0 Å². The molecule has 2 N–H and O–H groups in total. The van der Waals surface area contributed by atoms with Crippen molar-refractivity contribution in [3.05, 3.63) is 35.4 Å². The molecule has 0 aromatic heterocycles. The lowest BCUT2D eigenvalue weighted by atomic mass is 10.0. The Morgan fingerprint density at radius 1 is 1.20 bits per heavy atom. The number of hydrogen-bond donors (Lipinski definition) is 2. The Labute approximate surface area is 154 Å². The highest BCUT2D eigenvalue weighted by molar-refractivity contribution is 5.80. The van der Waals surface area contributed by atoms with Crippen LogP contribution < -0.4 is 10.6 Å². The SMILES string of the molecule is CCCN1CCC(NC(=NCC(C)c2ccc(C)cc2)NCC)CC1. The second kappa shape index (κ2) is 10.4. The van der Waals surface area contributed by atoms with Gasteiger partial charge in [-0.05, 0) is 45.2 Å². The molecule has 0 saturated carbocycles. The minimum Gasteiger partial charge on any atom is -0.357 e. The van der Waals surface area contributed by atoms with Crippen molar-refractivity contribution in [1.82, 2.24) is 15.5 Å². The maximum Gasteiger partial charge on any atom is 0.191 e. The van der Waals surface area contributed by atoms with E-state index in [1.165, 1.54) is 50.0 Å². The summed E-state index contributed by atoms with van der Waals surface area (Å²) in [4.78, 5) is 7.41. The third-order valence-corrected chi connectivity index (χ3v) is 4.98. The van der Waals surface area contributed by atoms with Crippen LogP contribution in [-0.2, 0) is 0 Å². The Morgan fingerprint density at radius 2 is 1.88 bits per heavy atom. The lowest BCUT2D eigenvalue weighted by Crippen LogP contribution is -2.48. The highest BCUT2D eigenvalue weighted by Gasteiger charge is 2.19.